The fourth-order valence-corrected chi connectivity index (χ4v) is 3.37. The van der Waals surface area contributed by atoms with Gasteiger partial charge in [0.15, 0.2) is 0 Å². The zero-order valence-corrected chi connectivity index (χ0v) is 14.7. The molecule has 0 saturated carbocycles. The molecule has 1 fully saturated rings. The smallest absolute Gasteiger partial charge is 0.256 e. The van der Waals surface area contributed by atoms with E-state index >= 15 is 0 Å². The van der Waals surface area contributed by atoms with Gasteiger partial charge >= 0.3 is 0 Å². The average molecular weight is 366 g/mol. The third-order valence-electron chi connectivity index (χ3n) is 4.70. The summed E-state index contributed by atoms with van der Waals surface area (Å²) in [7, 11) is 0. The monoisotopic (exact) mass is 366 g/mol. The predicted molar refractivity (Wildman–Crippen MR) is 96.1 cm³/mol. The fourth-order valence-electron chi connectivity index (χ4n) is 3.37. The van der Waals surface area contributed by atoms with Crippen LogP contribution in [0.4, 0.5) is 4.39 Å². The number of hydrogen-bond donors (Lipinski definition) is 0. The average Bonchev–Trinajstić information content (AvgIpc) is 3.17. The number of carbonyl (C=O) groups excluding carboxylic acids is 1. The normalized spacial score (nSPS) is 17.1. The van der Waals surface area contributed by atoms with Crippen molar-refractivity contribution in [2.24, 2.45) is 5.92 Å². The molecule has 2 aromatic heterocycles. The van der Waals surface area contributed by atoms with Crippen LogP contribution in [0.15, 0.2) is 48.8 Å². The molecular formula is C19H19FN6O. The number of piperidine rings is 1. The molecule has 1 aromatic carbocycles. The topological polar surface area (TPSA) is 76.8 Å². The molecule has 1 aliphatic rings. The van der Waals surface area contributed by atoms with Crippen LogP contribution in [0.5, 0.6) is 0 Å². The Morgan fingerprint density at radius 3 is 2.93 bits per heavy atom. The number of aromatic nitrogens is 5. The lowest BCUT2D eigenvalue weighted by atomic mass is 9.97. The molecular weight excluding hydrogens is 347 g/mol. The molecule has 7 nitrogen and oxygen atoms in total. The van der Waals surface area contributed by atoms with Gasteiger partial charge in [0.2, 0.25) is 5.82 Å². The molecule has 27 heavy (non-hydrogen) atoms. The second kappa shape index (κ2) is 7.61. The number of benzene rings is 1. The van der Waals surface area contributed by atoms with Gasteiger partial charge in [-0.05, 0) is 48.2 Å². The van der Waals surface area contributed by atoms with Crippen LogP contribution in [-0.2, 0) is 6.54 Å². The van der Waals surface area contributed by atoms with Crippen molar-refractivity contribution in [2.45, 2.75) is 19.4 Å². The maximum Gasteiger partial charge on any atom is 0.256 e. The Labute approximate surface area is 155 Å². The van der Waals surface area contributed by atoms with Crippen LogP contribution in [0.2, 0.25) is 0 Å². The first-order valence-electron chi connectivity index (χ1n) is 8.93. The second-order valence-electron chi connectivity index (χ2n) is 6.65. The van der Waals surface area contributed by atoms with Crippen molar-refractivity contribution in [1.29, 1.82) is 0 Å². The van der Waals surface area contributed by atoms with Crippen LogP contribution in [0.3, 0.4) is 0 Å². The van der Waals surface area contributed by atoms with Gasteiger partial charge in [0.25, 0.3) is 5.91 Å². The van der Waals surface area contributed by atoms with Crippen molar-refractivity contribution in [2.75, 3.05) is 13.1 Å². The summed E-state index contributed by atoms with van der Waals surface area (Å²) in [6.45, 7) is 1.75. The maximum atomic E-state index is 13.9. The van der Waals surface area contributed by atoms with E-state index in [4.69, 9.17) is 0 Å². The molecule has 1 saturated heterocycles. The summed E-state index contributed by atoms with van der Waals surface area (Å²) in [6, 6.07) is 9.81. The molecule has 4 rings (SSSR count). The van der Waals surface area contributed by atoms with Gasteiger partial charge in [0.1, 0.15) is 5.82 Å². The van der Waals surface area contributed by atoms with E-state index in [2.05, 4.69) is 20.4 Å². The van der Waals surface area contributed by atoms with Gasteiger partial charge in [-0.1, -0.05) is 12.1 Å². The summed E-state index contributed by atoms with van der Waals surface area (Å²) in [5.41, 5.74) is 0.930. The highest BCUT2D eigenvalue weighted by Crippen LogP contribution is 2.21. The molecule has 0 radical (unpaired) electrons. The summed E-state index contributed by atoms with van der Waals surface area (Å²) >= 11 is 0. The van der Waals surface area contributed by atoms with Gasteiger partial charge < -0.3 is 4.90 Å². The number of hydrogen-bond acceptors (Lipinski definition) is 5. The van der Waals surface area contributed by atoms with Gasteiger partial charge in [0.05, 0.1) is 12.1 Å². The van der Waals surface area contributed by atoms with Crippen LogP contribution >= 0.6 is 0 Å². The molecule has 3 heterocycles. The lowest BCUT2D eigenvalue weighted by Gasteiger charge is -2.32. The standard InChI is InChI=1S/C19H19FN6O/c20-17-8-2-1-7-16(17)19(27)25-10-4-5-14(12-25)13-26-23-18(22-24-26)15-6-3-9-21-11-15/h1-3,6-9,11,14H,4-5,10,12-13H2/t14-/m1/s1. The zero-order chi connectivity index (χ0) is 18.6. The number of pyridine rings is 1. The number of nitrogens with zero attached hydrogens (tertiary/aromatic N) is 6. The second-order valence-corrected chi connectivity index (χ2v) is 6.65. The summed E-state index contributed by atoms with van der Waals surface area (Å²) in [5, 5.41) is 12.6. The van der Waals surface area contributed by atoms with Gasteiger partial charge in [-0.2, -0.15) is 4.80 Å². The molecule has 8 heteroatoms. The third-order valence-corrected chi connectivity index (χ3v) is 4.70. The molecule has 3 aromatic rings. The molecule has 1 amide bonds. The van der Waals surface area contributed by atoms with Crippen LogP contribution < -0.4 is 0 Å². The number of carbonyl (C=O) groups is 1. The number of rotatable bonds is 4. The summed E-state index contributed by atoms with van der Waals surface area (Å²) in [6.07, 6.45) is 5.22. The number of amides is 1. The third kappa shape index (κ3) is 3.84. The predicted octanol–water partition coefficient (Wildman–Crippen LogP) is 2.43. The molecule has 0 N–H and O–H groups in total. The Balaban J connectivity index is 1.43. The molecule has 1 aliphatic heterocycles. The maximum absolute atomic E-state index is 13.9. The van der Waals surface area contributed by atoms with Gasteiger partial charge in [-0.15, -0.1) is 10.2 Å². The highest BCUT2D eigenvalue weighted by Gasteiger charge is 2.26. The van der Waals surface area contributed by atoms with Gasteiger partial charge in [-0.25, -0.2) is 4.39 Å². The van der Waals surface area contributed by atoms with E-state index in [1.165, 1.54) is 12.1 Å². The van der Waals surface area contributed by atoms with Crippen molar-refractivity contribution in [3.8, 4) is 11.4 Å². The van der Waals surface area contributed by atoms with Crippen LogP contribution in [0.25, 0.3) is 11.4 Å². The highest BCUT2D eigenvalue weighted by molar-refractivity contribution is 5.94. The summed E-state index contributed by atoms with van der Waals surface area (Å²) in [4.78, 5) is 20.0. The summed E-state index contributed by atoms with van der Waals surface area (Å²) < 4.78 is 13.9. The Morgan fingerprint density at radius 1 is 1.22 bits per heavy atom. The minimum absolute atomic E-state index is 0.121. The first-order chi connectivity index (χ1) is 13.2. The van der Waals surface area contributed by atoms with Crippen LogP contribution in [0, 0.1) is 11.7 Å². The molecule has 1 atom stereocenters. The number of likely N-dealkylation sites (tertiary alicyclic amines) is 1. The van der Waals surface area contributed by atoms with Crippen LogP contribution in [0.1, 0.15) is 23.2 Å². The minimum Gasteiger partial charge on any atom is -0.338 e. The minimum atomic E-state index is -0.483. The number of tetrazole rings is 1. The van der Waals surface area contributed by atoms with E-state index in [-0.39, 0.29) is 17.4 Å². The van der Waals surface area contributed by atoms with Crippen LogP contribution in [-0.4, -0.2) is 49.1 Å². The van der Waals surface area contributed by atoms with Gasteiger partial charge in [-0.3, -0.25) is 9.78 Å². The first-order valence-corrected chi connectivity index (χ1v) is 8.93. The molecule has 0 unspecified atom stereocenters. The SMILES string of the molecule is O=C(c1ccccc1F)N1CCC[C@@H](Cn2nnc(-c3cccnc3)n2)C1. The van der Waals surface area contributed by atoms with E-state index in [0.29, 0.717) is 25.5 Å². The van der Waals surface area contributed by atoms with Crippen molar-refractivity contribution in [3.63, 3.8) is 0 Å². The Morgan fingerprint density at radius 2 is 2.11 bits per heavy atom. The molecule has 0 spiro atoms. The lowest BCUT2D eigenvalue weighted by molar-refractivity contribution is 0.0651. The van der Waals surface area contributed by atoms with E-state index in [0.717, 1.165) is 18.4 Å². The largest absolute Gasteiger partial charge is 0.338 e. The quantitative estimate of drug-likeness (QED) is 0.709. The van der Waals surface area contributed by atoms with E-state index in [1.807, 2.05) is 12.1 Å². The highest BCUT2D eigenvalue weighted by atomic mass is 19.1. The lowest BCUT2D eigenvalue weighted by Crippen LogP contribution is -2.41. The van der Waals surface area contributed by atoms with E-state index in [1.54, 1.807) is 34.2 Å². The Kier molecular flexibility index (Phi) is 4.86. The van der Waals surface area contributed by atoms with Crippen molar-refractivity contribution < 1.29 is 9.18 Å². The van der Waals surface area contributed by atoms with E-state index in [9.17, 15) is 9.18 Å². The van der Waals surface area contributed by atoms with Gasteiger partial charge in [0, 0.05) is 31.0 Å². The van der Waals surface area contributed by atoms with Crippen molar-refractivity contribution >= 4 is 5.91 Å². The fraction of sp³-hybridized carbons (Fsp3) is 0.316. The van der Waals surface area contributed by atoms with Crippen molar-refractivity contribution in [1.82, 2.24) is 30.1 Å². The molecule has 0 aliphatic carbocycles. The molecule has 138 valence electrons. The summed E-state index contributed by atoms with van der Waals surface area (Å²) in [5.74, 6) is -0.0207. The first kappa shape index (κ1) is 17.3. The number of halogens is 1. The Bertz CT molecular complexity index is 929. The Hall–Kier alpha value is -3.16. The van der Waals surface area contributed by atoms with Crippen molar-refractivity contribution in [3.05, 3.63) is 60.2 Å². The zero-order valence-electron chi connectivity index (χ0n) is 14.7. The molecule has 0 bridgehead atoms. The van der Waals surface area contributed by atoms with E-state index < -0.39 is 5.82 Å².